The Morgan fingerprint density at radius 1 is 1.29 bits per heavy atom. The number of carbonyl (C=O) groups is 1. The largest absolute Gasteiger partial charge is 0.384 e. The molecule has 1 unspecified atom stereocenters. The number of hydrogen-bond acceptors (Lipinski definition) is 3. The van der Waals surface area contributed by atoms with E-state index in [0.717, 1.165) is 5.56 Å². The first kappa shape index (κ1) is 17.5. The van der Waals surface area contributed by atoms with E-state index in [1.54, 1.807) is 6.92 Å². The lowest BCUT2D eigenvalue weighted by molar-refractivity contribution is 0.0591. The second kappa shape index (κ2) is 8.64. The van der Waals surface area contributed by atoms with Crippen LogP contribution in [0.3, 0.4) is 0 Å². The smallest absolute Gasteiger partial charge is 0.314 e. The molecule has 0 saturated heterocycles. The molecule has 1 atom stereocenters. The summed E-state index contributed by atoms with van der Waals surface area (Å²) in [6, 6.07) is 8.96. The highest BCUT2D eigenvalue weighted by Crippen LogP contribution is 2.18. The van der Waals surface area contributed by atoms with Gasteiger partial charge in [0.15, 0.2) is 0 Å². The quantitative estimate of drug-likeness (QED) is 0.641. The zero-order valence-electron chi connectivity index (χ0n) is 13.1. The number of carbonyl (C=O) groups excluding carboxylic acids is 1. The molecule has 118 valence electrons. The van der Waals surface area contributed by atoms with Crippen molar-refractivity contribution in [2.24, 2.45) is 5.92 Å². The van der Waals surface area contributed by atoms with Gasteiger partial charge in [-0.3, -0.25) is 0 Å². The highest BCUT2D eigenvalue weighted by atomic mass is 16.5. The van der Waals surface area contributed by atoms with Crippen LogP contribution in [0.4, 0.5) is 4.79 Å². The van der Waals surface area contributed by atoms with Crippen LogP contribution in [0.25, 0.3) is 0 Å². The molecule has 0 spiro atoms. The van der Waals surface area contributed by atoms with E-state index in [4.69, 9.17) is 4.74 Å². The van der Waals surface area contributed by atoms with E-state index in [1.165, 1.54) is 0 Å². The van der Waals surface area contributed by atoms with Crippen LogP contribution in [0.15, 0.2) is 30.3 Å². The lowest BCUT2D eigenvalue weighted by Crippen LogP contribution is -2.44. The minimum absolute atomic E-state index is 0.149. The van der Waals surface area contributed by atoms with Crippen LogP contribution in [0.1, 0.15) is 26.3 Å². The van der Waals surface area contributed by atoms with E-state index in [9.17, 15) is 9.90 Å². The number of rotatable bonds is 8. The summed E-state index contributed by atoms with van der Waals surface area (Å²) in [5.41, 5.74) is -0.321. The van der Waals surface area contributed by atoms with E-state index < -0.39 is 5.60 Å². The second-order valence-electron chi connectivity index (χ2n) is 5.72. The van der Waals surface area contributed by atoms with Gasteiger partial charge in [-0.15, -0.1) is 0 Å². The number of nitrogens with one attached hydrogen (secondary N) is 2. The monoisotopic (exact) mass is 294 g/mol. The zero-order valence-corrected chi connectivity index (χ0v) is 13.1. The number of ether oxygens (including phenoxy) is 1. The summed E-state index contributed by atoms with van der Waals surface area (Å²) in [5, 5.41) is 15.7. The number of aliphatic hydroxyl groups is 1. The van der Waals surface area contributed by atoms with Crippen molar-refractivity contribution in [2.75, 3.05) is 26.3 Å². The molecular weight excluding hydrogens is 268 g/mol. The fraction of sp³-hybridized carbons (Fsp3) is 0.562. The fourth-order valence-electron chi connectivity index (χ4n) is 1.77. The van der Waals surface area contributed by atoms with Gasteiger partial charge in [0.1, 0.15) is 5.60 Å². The summed E-state index contributed by atoms with van der Waals surface area (Å²) in [6.07, 6.45) is 0. The van der Waals surface area contributed by atoms with Crippen LogP contribution in [0, 0.1) is 5.92 Å². The molecule has 0 aromatic heterocycles. The molecule has 0 bridgehead atoms. The van der Waals surface area contributed by atoms with Crippen LogP contribution in [-0.4, -0.2) is 37.4 Å². The molecule has 1 aromatic carbocycles. The first-order valence-corrected chi connectivity index (χ1v) is 7.29. The predicted molar refractivity (Wildman–Crippen MR) is 83.1 cm³/mol. The Kier molecular flexibility index (Phi) is 7.19. The Bertz CT molecular complexity index is 419. The fourth-order valence-corrected chi connectivity index (χ4v) is 1.77. The number of amides is 2. The van der Waals surface area contributed by atoms with E-state index in [-0.39, 0.29) is 12.6 Å². The molecule has 5 nitrogen and oxygen atoms in total. The molecular formula is C16H26N2O3. The lowest BCUT2D eigenvalue weighted by Gasteiger charge is -2.24. The average molecular weight is 294 g/mol. The van der Waals surface area contributed by atoms with Crippen LogP contribution < -0.4 is 10.6 Å². The highest BCUT2D eigenvalue weighted by Gasteiger charge is 2.23. The Labute approximate surface area is 126 Å². The maximum absolute atomic E-state index is 11.6. The highest BCUT2D eigenvalue weighted by molar-refractivity contribution is 5.73. The first-order chi connectivity index (χ1) is 9.92. The summed E-state index contributed by atoms with van der Waals surface area (Å²) in [5.74, 6) is 0.486. The number of benzene rings is 1. The van der Waals surface area contributed by atoms with E-state index in [2.05, 4.69) is 24.5 Å². The summed E-state index contributed by atoms with van der Waals surface area (Å²) in [6.45, 7) is 7.60. The maximum Gasteiger partial charge on any atom is 0.314 e. The molecule has 0 saturated carbocycles. The van der Waals surface area contributed by atoms with Gasteiger partial charge in [-0.1, -0.05) is 44.2 Å². The molecule has 3 N–H and O–H groups in total. The Morgan fingerprint density at radius 2 is 1.95 bits per heavy atom. The van der Waals surface area contributed by atoms with Crippen LogP contribution >= 0.6 is 0 Å². The van der Waals surface area contributed by atoms with Gasteiger partial charge in [-0.05, 0) is 18.4 Å². The Balaban J connectivity index is 2.23. The van der Waals surface area contributed by atoms with Gasteiger partial charge in [0.2, 0.25) is 0 Å². The second-order valence-corrected chi connectivity index (χ2v) is 5.72. The van der Waals surface area contributed by atoms with Gasteiger partial charge >= 0.3 is 6.03 Å². The summed E-state index contributed by atoms with van der Waals surface area (Å²) >= 11 is 0. The van der Waals surface area contributed by atoms with E-state index in [0.29, 0.717) is 25.7 Å². The van der Waals surface area contributed by atoms with Gasteiger partial charge in [-0.2, -0.15) is 0 Å². The molecule has 1 rings (SSSR count). The third-order valence-electron chi connectivity index (χ3n) is 2.97. The van der Waals surface area contributed by atoms with Crippen molar-refractivity contribution in [1.29, 1.82) is 0 Å². The summed E-state index contributed by atoms with van der Waals surface area (Å²) in [4.78, 5) is 11.6. The predicted octanol–water partition coefficient (Wildman–Crippen LogP) is 1.87. The third kappa shape index (κ3) is 7.11. The van der Waals surface area contributed by atoms with Crippen molar-refractivity contribution in [1.82, 2.24) is 10.6 Å². The molecule has 21 heavy (non-hydrogen) atoms. The molecule has 2 amide bonds. The topological polar surface area (TPSA) is 70.6 Å². The molecule has 0 radical (unpaired) electrons. The van der Waals surface area contributed by atoms with Crippen molar-refractivity contribution < 1.29 is 14.6 Å². The average Bonchev–Trinajstić information content (AvgIpc) is 2.45. The molecule has 0 aliphatic rings. The molecule has 5 heteroatoms. The van der Waals surface area contributed by atoms with Crippen molar-refractivity contribution in [3.05, 3.63) is 35.9 Å². The molecule has 1 aromatic rings. The van der Waals surface area contributed by atoms with Crippen LogP contribution in [0.2, 0.25) is 0 Å². The number of urea groups is 1. The number of hydrogen-bond donors (Lipinski definition) is 3. The molecule has 0 heterocycles. The molecule has 0 aliphatic carbocycles. The van der Waals surface area contributed by atoms with Gasteiger partial charge in [0, 0.05) is 13.2 Å². The van der Waals surface area contributed by atoms with Crippen molar-refractivity contribution in [3.8, 4) is 0 Å². The van der Waals surface area contributed by atoms with Gasteiger partial charge in [0.05, 0.1) is 13.2 Å². The van der Waals surface area contributed by atoms with Crippen molar-refractivity contribution in [2.45, 2.75) is 26.4 Å². The minimum Gasteiger partial charge on any atom is -0.384 e. The normalized spacial score (nSPS) is 13.8. The van der Waals surface area contributed by atoms with Crippen molar-refractivity contribution in [3.63, 3.8) is 0 Å². The zero-order chi connectivity index (χ0) is 15.7. The third-order valence-corrected chi connectivity index (χ3v) is 2.97. The van der Waals surface area contributed by atoms with E-state index in [1.807, 2.05) is 30.3 Å². The van der Waals surface area contributed by atoms with Gasteiger partial charge in [0.25, 0.3) is 0 Å². The van der Waals surface area contributed by atoms with Gasteiger partial charge < -0.3 is 20.5 Å². The Morgan fingerprint density at radius 3 is 2.57 bits per heavy atom. The first-order valence-electron chi connectivity index (χ1n) is 7.29. The summed E-state index contributed by atoms with van der Waals surface area (Å²) in [7, 11) is 0. The van der Waals surface area contributed by atoms with Crippen molar-refractivity contribution >= 4 is 6.03 Å². The van der Waals surface area contributed by atoms with Gasteiger partial charge in [-0.25, -0.2) is 4.79 Å². The SMILES string of the molecule is CC(C)COCCNC(=O)NCC(C)(O)c1ccccc1. The Hall–Kier alpha value is -1.59. The van der Waals surface area contributed by atoms with Crippen LogP contribution in [0.5, 0.6) is 0 Å². The minimum atomic E-state index is -1.09. The van der Waals surface area contributed by atoms with Crippen LogP contribution in [-0.2, 0) is 10.3 Å². The lowest BCUT2D eigenvalue weighted by atomic mass is 9.96. The standard InChI is InChI=1S/C16H26N2O3/c1-13(2)11-21-10-9-17-15(19)18-12-16(3,20)14-7-5-4-6-8-14/h4-8,13,20H,9-12H2,1-3H3,(H2,17,18,19). The molecule has 0 fully saturated rings. The summed E-state index contributed by atoms with van der Waals surface area (Å²) < 4.78 is 5.37. The molecule has 0 aliphatic heterocycles. The van der Waals surface area contributed by atoms with E-state index >= 15 is 0 Å². The maximum atomic E-state index is 11.6.